The number of carbonyl (C=O) groups is 1. The number of aromatic nitrogens is 1. The molecule has 7 heteroatoms. The molecule has 1 fully saturated rings. The van der Waals surface area contributed by atoms with Crippen LogP contribution in [0.3, 0.4) is 0 Å². The van der Waals surface area contributed by atoms with Gasteiger partial charge in [-0.25, -0.2) is 4.98 Å². The molecule has 28 heavy (non-hydrogen) atoms. The maximum Gasteiger partial charge on any atom is 0.310 e. The molecule has 1 aromatic carbocycles. The van der Waals surface area contributed by atoms with E-state index in [1.807, 2.05) is 40.6 Å². The molecule has 1 N–H and O–H groups in total. The van der Waals surface area contributed by atoms with Crippen molar-refractivity contribution >= 4 is 22.9 Å². The van der Waals surface area contributed by atoms with Crippen molar-refractivity contribution in [1.29, 1.82) is 5.26 Å². The Bertz CT molecular complexity index is 886. The molecule has 0 amide bonds. The second-order valence-corrected chi connectivity index (χ2v) is 7.52. The third kappa shape index (κ3) is 4.77. The van der Waals surface area contributed by atoms with Crippen LogP contribution >= 0.6 is 11.3 Å². The number of ether oxygens (including phenoxy) is 1. The smallest absolute Gasteiger partial charge is 0.310 e. The number of carbonyl (C=O) groups excluding carboxylic acids is 1. The number of nitriles is 1. The van der Waals surface area contributed by atoms with Crippen LogP contribution in [0.15, 0.2) is 41.5 Å². The van der Waals surface area contributed by atoms with Gasteiger partial charge in [0, 0.05) is 17.5 Å². The molecule has 6 nitrogen and oxygen atoms in total. The van der Waals surface area contributed by atoms with Crippen molar-refractivity contribution in [3.05, 3.63) is 46.5 Å². The van der Waals surface area contributed by atoms with Crippen LogP contribution in [0.5, 0.6) is 0 Å². The molecule has 3 rings (SSSR count). The van der Waals surface area contributed by atoms with Crippen LogP contribution in [0.4, 0.5) is 0 Å². The molecule has 1 saturated heterocycles. The van der Waals surface area contributed by atoms with Gasteiger partial charge in [-0.15, -0.1) is 11.3 Å². The monoisotopic (exact) mass is 397 g/mol. The van der Waals surface area contributed by atoms with Crippen molar-refractivity contribution in [2.45, 2.75) is 19.8 Å². The first-order valence-electron chi connectivity index (χ1n) is 9.35. The first-order valence-corrected chi connectivity index (χ1v) is 10.2. The first-order chi connectivity index (χ1) is 13.6. The molecule has 1 aromatic heterocycles. The summed E-state index contributed by atoms with van der Waals surface area (Å²) in [6.45, 7) is 3.68. The van der Waals surface area contributed by atoms with Gasteiger partial charge in [0.2, 0.25) is 0 Å². The summed E-state index contributed by atoms with van der Waals surface area (Å²) >= 11 is 1.34. The standard InChI is InChI=1S/C21H23N3O3S/c1-2-27-21(26)16-9-6-10-24(12-16)13-19(25)17(11-22)20-23-18(14-28-20)15-7-4-3-5-8-15/h3-5,7-8,14,16,25H,2,6,9-10,12-13H2,1H3/b19-17-. The zero-order chi connectivity index (χ0) is 19.9. The Morgan fingerprint density at radius 2 is 2.21 bits per heavy atom. The molecule has 2 heterocycles. The summed E-state index contributed by atoms with van der Waals surface area (Å²) in [5, 5.41) is 22.5. The number of hydrogen-bond donors (Lipinski definition) is 1. The minimum atomic E-state index is -0.191. The average molecular weight is 398 g/mol. The summed E-state index contributed by atoms with van der Waals surface area (Å²) in [4.78, 5) is 18.5. The highest BCUT2D eigenvalue weighted by Gasteiger charge is 2.28. The minimum Gasteiger partial charge on any atom is -0.509 e. The van der Waals surface area contributed by atoms with E-state index in [4.69, 9.17) is 4.74 Å². The summed E-state index contributed by atoms with van der Waals surface area (Å²) in [6, 6.07) is 11.8. The summed E-state index contributed by atoms with van der Waals surface area (Å²) < 4.78 is 5.12. The van der Waals surface area contributed by atoms with Crippen LogP contribution < -0.4 is 0 Å². The number of hydrogen-bond acceptors (Lipinski definition) is 7. The predicted octanol–water partition coefficient (Wildman–Crippen LogP) is 3.88. The van der Waals surface area contributed by atoms with Gasteiger partial charge in [0.25, 0.3) is 0 Å². The van der Waals surface area contributed by atoms with Gasteiger partial charge in [0.05, 0.1) is 24.8 Å². The lowest BCUT2D eigenvalue weighted by Crippen LogP contribution is -2.40. The van der Waals surface area contributed by atoms with Gasteiger partial charge in [0.1, 0.15) is 22.4 Å². The van der Waals surface area contributed by atoms with Gasteiger partial charge in [0.15, 0.2) is 0 Å². The van der Waals surface area contributed by atoms with Crippen molar-refractivity contribution in [2.24, 2.45) is 5.92 Å². The van der Waals surface area contributed by atoms with Crippen molar-refractivity contribution in [2.75, 3.05) is 26.2 Å². The second kappa shape index (κ2) is 9.49. The van der Waals surface area contributed by atoms with E-state index in [0.717, 1.165) is 30.6 Å². The number of esters is 1. The fourth-order valence-electron chi connectivity index (χ4n) is 3.31. The molecule has 1 aliphatic rings. The van der Waals surface area contributed by atoms with Crippen molar-refractivity contribution in [3.63, 3.8) is 0 Å². The number of aliphatic hydroxyl groups excluding tert-OH is 1. The van der Waals surface area contributed by atoms with Crippen molar-refractivity contribution < 1.29 is 14.6 Å². The lowest BCUT2D eigenvalue weighted by molar-refractivity contribution is -0.149. The molecule has 146 valence electrons. The highest BCUT2D eigenvalue weighted by atomic mass is 32.1. The van der Waals surface area contributed by atoms with Gasteiger partial charge in [-0.05, 0) is 26.3 Å². The van der Waals surface area contributed by atoms with Crippen molar-refractivity contribution in [1.82, 2.24) is 9.88 Å². The molecule has 0 bridgehead atoms. The average Bonchev–Trinajstić information content (AvgIpc) is 3.19. The molecular formula is C21H23N3O3S. The Labute approximate surface area is 168 Å². The van der Waals surface area contributed by atoms with E-state index < -0.39 is 0 Å². The number of likely N-dealkylation sites (tertiary alicyclic amines) is 1. The van der Waals surface area contributed by atoms with Crippen LogP contribution in [0.25, 0.3) is 16.8 Å². The maximum absolute atomic E-state index is 12.0. The Morgan fingerprint density at radius 3 is 2.93 bits per heavy atom. The van der Waals surface area contributed by atoms with Crippen LogP contribution in [-0.4, -0.2) is 47.2 Å². The van der Waals surface area contributed by atoms with E-state index in [1.54, 1.807) is 6.92 Å². The largest absolute Gasteiger partial charge is 0.509 e. The predicted molar refractivity (Wildman–Crippen MR) is 109 cm³/mol. The quantitative estimate of drug-likeness (QED) is 0.452. The molecule has 1 aliphatic heterocycles. The SMILES string of the molecule is CCOC(=O)C1CCCN(C/C(O)=C(\C#N)c2nc(-c3ccccc3)cs2)C1. The highest BCUT2D eigenvalue weighted by Crippen LogP contribution is 2.28. The zero-order valence-electron chi connectivity index (χ0n) is 15.8. The topological polar surface area (TPSA) is 86.5 Å². The third-order valence-corrected chi connectivity index (χ3v) is 5.55. The van der Waals surface area contributed by atoms with E-state index in [0.29, 0.717) is 18.2 Å². The minimum absolute atomic E-state index is 0.0130. The van der Waals surface area contributed by atoms with Gasteiger partial charge >= 0.3 is 5.97 Å². The van der Waals surface area contributed by atoms with Gasteiger partial charge in [-0.1, -0.05) is 30.3 Å². The van der Waals surface area contributed by atoms with Crippen LogP contribution in [-0.2, 0) is 9.53 Å². The van der Waals surface area contributed by atoms with Gasteiger partial charge in [-0.3, -0.25) is 9.69 Å². The number of nitrogens with zero attached hydrogens (tertiary/aromatic N) is 3. The van der Waals surface area contributed by atoms with Crippen molar-refractivity contribution in [3.8, 4) is 17.3 Å². The number of piperidine rings is 1. The number of allylic oxidation sites excluding steroid dienone is 1. The van der Waals surface area contributed by atoms with Gasteiger partial charge in [-0.2, -0.15) is 5.26 Å². The van der Waals surface area contributed by atoms with Crippen LogP contribution in [0, 0.1) is 17.2 Å². The number of thiazole rings is 1. The molecule has 2 aromatic rings. The Hall–Kier alpha value is -2.69. The molecule has 0 aliphatic carbocycles. The molecule has 1 unspecified atom stereocenters. The Morgan fingerprint density at radius 1 is 1.43 bits per heavy atom. The molecule has 1 atom stereocenters. The highest BCUT2D eigenvalue weighted by molar-refractivity contribution is 7.11. The molecule has 0 saturated carbocycles. The van der Waals surface area contributed by atoms with Crippen LogP contribution in [0.2, 0.25) is 0 Å². The van der Waals surface area contributed by atoms with Crippen LogP contribution in [0.1, 0.15) is 24.8 Å². The fraction of sp³-hybridized carbons (Fsp3) is 0.381. The van der Waals surface area contributed by atoms with E-state index in [-0.39, 0.29) is 29.8 Å². The zero-order valence-corrected chi connectivity index (χ0v) is 16.6. The van der Waals surface area contributed by atoms with Gasteiger partial charge < -0.3 is 9.84 Å². The summed E-state index contributed by atoms with van der Waals surface area (Å²) in [6.07, 6.45) is 1.64. The van der Waals surface area contributed by atoms with E-state index in [2.05, 4.69) is 11.1 Å². The third-order valence-electron chi connectivity index (χ3n) is 4.69. The second-order valence-electron chi connectivity index (χ2n) is 6.66. The molecule has 0 radical (unpaired) electrons. The number of aliphatic hydroxyl groups is 1. The summed E-state index contributed by atoms with van der Waals surface area (Å²) in [5.41, 5.74) is 1.93. The van der Waals surface area contributed by atoms with E-state index in [9.17, 15) is 15.2 Å². The summed E-state index contributed by atoms with van der Waals surface area (Å²) in [5.74, 6) is -0.388. The molecular weight excluding hydrogens is 374 g/mol. The maximum atomic E-state index is 12.0. The first kappa shape index (κ1) is 20.1. The lowest BCUT2D eigenvalue weighted by Gasteiger charge is -2.31. The Kier molecular flexibility index (Phi) is 6.80. The normalized spacial score (nSPS) is 18.2. The number of rotatable bonds is 6. The lowest BCUT2D eigenvalue weighted by atomic mass is 9.98. The Balaban J connectivity index is 1.73. The molecule has 0 spiro atoms. The number of benzene rings is 1. The fourth-order valence-corrected chi connectivity index (χ4v) is 4.15. The summed E-state index contributed by atoms with van der Waals surface area (Å²) in [7, 11) is 0. The van der Waals surface area contributed by atoms with E-state index >= 15 is 0 Å². The van der Waals surface area contributed by atoms with E-state index in [1.165, 1.54) is 11.3 Å².